The Morgan fingerprint density at radius 1 is 1.00 bits per heavy atom. The first kappa shape index (κ1) is 9.92. The molecule has 0 atom stereocenters. The standard InChI is InChI=1S/C8H18O2/c1-4-7-8(9-5-2)10-6-3/h8H,4-7H2,1-3H3. The summed E-state index contributed by atoms with van der Waals surface area (Å²) in [6.07, 6.45) is 2.15. The monoisotopic (exact) mass is 146 g/mol. The average molecular weight is 146 g/mol. The molecule has 2 heteroatoms. The Morgan fingerprint density at radius 3 is 1.80 bits per heavy atom. The number of hydrogen-bond donors (Lipinski definition) is 0. The molecule has 10 heavy (non-hydrogen) atoms. The van der Waals surface area contributed by atoms with Crippen molar-refractivity contribution in [1.29, 1.82) is 0 Å². The van der Waals surface area contributed by atoms with Gasteiger partial charge in [-0.2, -0.15) is 0 Å². The van der Waals surface area contributed by atoms with Crippen LogP contribution in [0.1, 0.15) is 33.6 Å². The molecule has 0 aliphatic carbocycles. The van der Waals surface area contributed by atoms with E-state index in [9.17, 15) is 0 Å². The molecular weight excluding hydrogens is 128 g/mol. The summed E-state index contributed by atoms with van der Waals surface area (Å²) in [5.74, 6) is 0. The second kappa shape index (κ2) is 7.03. The third-order valence-electron chi connectivity index (χ3n) is 1.23. The van der Waals surface area contributed by atoms with E-state index in [1.165, 1.54) is 0 Å². The lowest BCUT2D eigenvalue weighted by atomic mass is 10.3. The van der Waals surface area contributed by atoms with Gasteiger partial charge >= 0.3 is 0 Å². The number of hydrogen-bond acceptors (Lipinski definition) is 2. The van der Waals surface area contributed by atoms with Gasteiger partial charge in [-0.25, -0.2) is 0 Å². The lowest BCUT2D eigenvalue weighted by molar-refractivity contribution is -0.139. The van der Waals surface area contributed by atoms with Gasteiger partial charge in [-0.15, -0.1) is 0 Å². The summed E-state index contributed by atoms with van der Waals surface area (Å²) in [5, 5.41) is 0. The van der Waals surface area contributed by atoms with Gasteiger partial charge in [-0.1, -0.05) is 13.3 Å². The molecule has 0 aromatic rings. The van der Waals surface area contributed by atoms with Crippen LogP contribution in [0.2, 0.25) is 0 Å². The fourth-order valence-electron chi connectivity index (χ4n) is 0.822. The second-order valence-corrected chi connectivity index (χ2v) is 2.13. The van der Waals surface area contributed by atoms with Gasteiger partial charge in [0.1, 0.15) is 0 Å². The minimum atomic E-state index is 0.0278. The molecule has 0 aromatic carbocycles. The Labute approximate surface area is 63.5 Å². The molecule has 0 saturated heterocycles. The molecule has 0 N–H and O–H groups in total. The zero-order valence-corrected chi connectivity index (χ0v) is 7.22. The summed E-state index contributed by atoms with van der Waals surface area (Å²) >= 11 is 0. The van der Waals surface area contributed by atoms with Gasteiger partial charge in [-0.05, 0) is 20.3 Å². The van der Waals surface area contributed by atoms with Crippen LogP contribution in [0.5, 0.6) is 0 Å². The van der Waals surface area contributed by atoms with E-state index in [1.807, 2.05) is 13.8 Å². The molecule has 0 bridgehead atoms. The van der Waals surface area contributed by atoms with E-state index in [0.717, 1.165) is 26.1 Å². The van der Waals surface area contributed by atoms with E-state index >= 15 is 0 Å². The van der Waals surface area contributed by atoms with Gasteiger partial charge in [0.2, 0.25) is 0 Å². The van der Waals surface area contributed by atoms with Crippen LogP contribution in [0.3, 0.4) is 0 Å². The summed E-state index contributed by atoms with van der Waals surface area (Å²) in [4.78, 5) is 0. The summed E-state index contributed by atoms with van der Waals surface area (Å²) in [6, 6.07) is 0. The third kappa shape index (κ3) is 4.77. The van der Waals surface area contributed by atoms with Crippen molar-refractivity contribution in [2.45, 2.75) is 39.9 Å². The molecular formula is C8H18O2. The van der Waals surface area contributed by atoms with Gasteiger partial charge in [0.15, 0.2) is 6.29 Å². The van der Waals surface area contributed by atoms with E-state index in [1.54, 1.807) is 0 Å². The van der Waals surface area contributed by atoms with Gasteiger partial charge < -0.3 is 9.47 Å². The maximum atomic E-state index is 5.30. The summed E-state index contributed by atoms with van der Waals surface area (Å²) in [6.45, 7) is 7.59. The summed E-state index contributed by atoms with van der Waals surface area (Å²) < 4.78 is 10.6. The van der Waals surface area contributed by atoms with E-state index in [-0.39, 0.29) is 6.29 Å². The minimum absolute atomic E-state index is 0.0278. The zero-order chi connectivity index (χ0) is 7.82. The SMILES string of the molecule is CCCC(OCC)OCC. The molecule has 0 fully saturated rings. The fraction of sp³-hybridized carbons (Fsp3) is 1.00. The van der Waals surface area contributed by atoms with Gasteiger partial charge in [0.05, 0.1) is 0 Å². The fourth-order valence-corrected chi connectivity index (χ4v) is 0.822. The normalized spacial score (nSPS) is 10.8. The first-order valence-corrected chi connectivity index (χ1v) is 4.08. The van der Waals surface area contributed by atoms with Crippen LogP contribution in [0.4, 0.5) is 0 Å². The molecule has 0 amide bonds. The van der Waals surface area contributed by atoms with E-state index in [4.69, 9.17) is 9.47 Å². The lowest BCUT2D eigenvalue weighted by Gasteiger charge is -2.15. The number of rotatable bonds is 6. The zero-order valence-electron chi connectivity index (χ0n) is 7.22. The van der Waals surface area contributed by atoms with Crippen LogP contribution in [-0.4, -0.2) is 19.5 Å². The Balaban J connectivity index is 3.30. The molecule has 0 unspecified atom stereocenters. The molecule has 0 saturated carbocycles. The van der Waals surface area contributed by atoms with Crippen LogP contribution in [0, 0.1) is 0 Å². The predicted octanol–water partition coefficient (Wildman–Crippen LogP) is 2.19. The minimum Gasteiger partial charge on any atom is -0.353 e. The van der Waals surface area contributed by atoms with E-state index in [2.05, 4.69) is 6.92 Å². The molecule has 0 aliphatic heterocycles. The lowest BCUT2D eigenvalue weighted by Crippen LogP contribution is -2.16. The molecule has 0 spiro atoms. The average Bonchev–Trinajstić information content (AvgIpc) is 1.90. The van der Waals surface area contributed by atoms with E-state index < -0.39 is 0 Å². The highest BCUT2D eigenvalue weighted by molar-refractivity contribution is 4.41. The highest BCUT2D eigenvalue weighted by Gasteiger charge is 2.04. The molecule has 0 aromatic heterocycles. The van der Waals surface area contributed by atoms with Crippen molar-refractivity contribution in [3.63, 3.8) is 0 Å². The predicted molar refractivity (Wildman–Crippen MR) is 41.9 cm³/mol. The Hall–Kier alpha value is -0.0800. The van der Waals surface area contributed by atoms with Crippen LogP contribution in [0.25, 0.3) is 0 Å². The van der Waals surface area contributed by atoms with Crippen LogP contribution >= 0.6 is 0 Å². The Kier molecular flexibility index (Phi) is 6.98. The smallest absolute Gasteiger partial charge is 0.157 e. The first-order chi connectivity index (χ1) is 4.85. The quantitative estimate of drug-likeness (QED) is 0.535. The maximum absolute atomic E-state index is 5.30. The van der Waals surface area contributed by atoms with Crippen LogP contribution in [0.15, 0.2) is 0 Å². The Morgan fingerprint density at radius 2 is 1.50 bits per heavy atom. The van der Waals surface area contributed by atoms with Crippen LogP contribution < -0.4 is 0 Å². The topological polar surface area (TPSA) is 18.5 Å². The molecule has 2 nitrogen and oxygen atoms in total. The molecule has 0 radical (unpaired) electrons. The van der Waals surface area contributed by atoms with E-state index in [0.29, 0.717) is 0 Å². The number of ether oxygens (including phenoxy) is 2. The first-order valence-electron chi connectivity index (χ1n) is 4.08. The highest BCUT2D eigenvalue weighted by atomic mass is 16.7. The second-order valence-electron chi connectivity index (χ2n) is 2.13. The van der Waals surface area contributed by atoms with Crippen molar-refractivity contribution in [1.82, 2.24) is 0 Å². The largest absolute Gasteiger partial charge is 0.353 e. The van der Waals surface area contributed by atoms with Crippen LogP contribution in [-0.2, 0) is 9.47 Å². The molecule has 0 rings (SSSR count). The molecule has 62 valence electrons. The summed E-state index contributed by atoms with van der Waals surface area (Å²) in [5.41, 5.74) is 0. The molecule has 0 aliphatic rings. The van der Waals surface area contributed by atoms with Crippen molar-refractivity contribution < 1.29 is 9.47 Å². The summed E-state index contributed by atoms with van der Waals surface area (Å²) in [7, 11) is 0. The van der Waals surface area contributed by atoms with Gasteiger partial charge in [0, 0.05) is 13.2 Å². The molecule has 0 heterocycles. The van der Waals surface area contributed by atoms with Gasteiger partial charge in [0.25, 0.3) is 0 Å². The Bertz CT molecular complexity index is 50.0. The highest BCUT2D eigenvalue weighted by Crippen LogP contribution is 2.02. The van der Waals surface area contributed by atoms with Crippen molar-refractivity contribution >= 4 is 0 Å². The van der Waals surface area contributed by atoms with Crippen molar-refractivity contribution in [3.8, 4) is 0 Å². The van der Waals surface area contributed by atoms with Crippen molar-refractivity contribution in [3.05, 3.63) is 0 Å². The van der Waals surface area contributed by atoms with Crippen molar-refractivity contribution in [2.24, 2.45) is 0 Å². The van der Waals surface area contributed by atoms with Gasteiger partial charge in [-0.3, -0.25) is 0 Å². The van der Waals surface area contributed by atoms with Crippen molar-refractivity contribution in [2.75, 3.05) is 13.2 Å². The maximum Gasteiger partial charge on any atom is 0.157 e. The third-order valence-corrected chi connectivity index (χ3v) is 1.23.